The van der Waals surface area contributed by atoms with E-state index < -0.39 is 18.2 Å². The van der Waals surface area contributed by atoms with Crippen molar-refractivity contribution in [1.82, 2.24) is 39.5 Å². The van der Waals surface area contributed by atoms with E-state index in [1.54, 1.807) is 50.2 Å². The number of morpholine rings is 1. The number of phenolic OH excluding ortho intramolecular Hbond substituents is 1. The van der Waals surface area contributed by atoms with Crippen molar-refractivity contribution in [3.8, 4) is 16.9 Å². The predicted octanol–water partition coefficient (Wildman–Crippen LogP) is 4.84. The molecule has 4 fully saturated rings. The third kappa shape index (κ3) is 8.59. The molecule has 0 aliphatic carbocycles. The molecule has 4 aromatic carbocycles. The number of carbonyl (C=O) groups excluding carboxylic acids is 4. The zero-order chi connectivity index (χ0) is 43.6. The number of nitrogens with zero attached hydrogens (tertiary/aromatic N) is 7. The highest BCUT2D eigenvalue weighted by atomic mass is 16.5. The lowest BCUT2D eigenvalue weighted by atomic mass is 9.97. The van der Waals surface area contributed by atoms with E-state index in [9.17, 15) is 24.3 Å². The van der Waals surface area contributed by atoms with Crippen molar-refractivity contribution in [2.24, 2.45) is 7.05 Å². The zero-order valence-corrected chi connectivity index (χ0v) is 35.4. The minimum Gasteiger partial charge on any atom is -0.508 e. The Morgan fingerprint density at radius 2 is 1.62 bits per heavy atom. The molecule has 15 nitrogen and oxygen atoms in total. The number of carbonyl (C=O) groups is 4. The molecule has 9 rings (SSSR count). The number of aromatic nitrogens is 1. The smallest absolute Gasteiger partial charge is 0.334 e. The van der Waals surface area contributed by atoms with Crippen LogP contribution in [0.4, 0.5) is 15.3 Å². The van der Waals surface area contributed by atoms with Crippen LogP contribution in [0.5, 0.6) is 5.75 Å². The van der Waals surface area contributed by atoms with Crippen molar-refractivity contribution in [3.63, 3.8) is 0 Å². The largest absolute Gasteiger partial charge is 0.508 e. The Morgan fingerprint density at radius 3 is 2.35 bits per heavy atom. The molecule has 326 valence electrons. The Hall–Kier alpha value is -6.68. The van der Waals surface area contributed by atoms with Crippen LogP contribution >= 0.6 is 0 Å². The van der Waals surface area contributed by atoms with Gasteiger partial charge in [0.25, 0.3) is 0 Å². The van der Waals surface area contributed by atoms with E-state index in [0.29, 0.717) is 19.1 Å². The van der Waals surface area contributed by atoms with E-state index in [2.05, 4.69) is 38.9 Å². The number of anilines is 1. The van der Waals surface area contributed by atoms with Gasteiger partial charge in [-0.1, -0.05) is 78.9 Å². The van der Waals surface area contributed by atoms with Crippen LogP contribution in [0.2, 0.25) is 0 Å². The first-order chi connectivity index (χ1) is 30.6. The molecule has 0 saturated carbocycles. The molecule has 6 amide bonds. The van der Waals surface area contributed by atoms with Crippen LogP contribution < -0.4 is 10.6 Å². The van der Waals surface area contributed by atoms with Gasteiger partial charge in [0.15, 0.2) is 0 Å². The lowest BCUT2D eigenvalue weighted by molar-refractivity contribution is -0.189. The minimum atomic E-state index is -0.912. The fourth-order valence-electron chi connectivity index (χ4n) is 9.40. The first-order valence-corrected chi connectivity index (χ1v) is 21.5. The van der Waals surface area contributed by atoms with Gasteiger partial charge >= 0.3 is 12.1 Å². The van der Waals surface area contributed by atoms with Crippen LogP contribution in [0.15, 0.2) is 116 Å². The highest BCUT2D eigenvalue weighted by Crippen LogP contribution is 2.35. The van der Waals surface area contributed by atoms with Crippen molar-refractivity contribution in [2.45, 2.75) is 37.8 Å². The summed E-state index contributed by atoms with van der Waals surface area (Å²) in [6, 6.07) is 29.1. The molecule has 4 saturated heterocycles. The molecule has 15 heteroatoms. The van der Waals surface area contributed by atoms with Crippen LogP contribution in [0.3, 0.4) is 0 Å². The number of amides is 6. The van der Waals surface area contributed by atoms with Crippen LogP contribution in [-0.2, 0) is 40.9 Å². The maximum Gasteiger partial charge on any atom is 0.334 e. The van der Waals surface area contributed by atoms with Crippen molar-refractivity contribution in [1.29, 1.82) is 0 Å². The Labute approximate surface area is 366 Å². The van der Waals surface area contributed by atoms with E-state index in [-0.39, 0.29) is 62.7 Å². The number of nitrogens with one attached hydrogen (secondary N) is 2. The minimum absolute atomic E-state index is 0.0786. The fraction of sp³-hybridized carbons (Fsp3) is 0.333. The number of hydrazine groups is 1. The van der Waals surface area contributed by atoms with E-state index in [0.717, 1.165) is 70.7 Å². The van der Waals surface area contributed by atoms with E-state index >= 15 is 0 Å². The molecular weight excluding hydrogens is 799 g/mol. The Balaban J connectivity index is 0.970. The van der Waals surface area contributed by atoms with Gasteiger partial charge in [-0.25, -0.2) is 19.6 Å². The molecule has 0 spiro atoms. The lowest BCUT2D eigenvalue weighted by Gasteiger charge is -2.55. The van der Waals surface area contributed by atoms with Gasteiger partial charge in [-0.3, -0.25) is 14.5 Å². The summed E-state index contributed by atoms with van der Waals surface area (Å²) in [6.45, 7) is 9.33. The quantitative estimate of drug-likeness (QED) is 0.160. The summed E-state index contributed by atoms with van der Waals surface area (Å²) >= 11 is 0. The average molecular weight is 852 g/mol. The van der Waals surface area contributed by atoms with E-state index in [1.165, 1.54) is 0 Å². The maximum atomic E-state index is 14.8. The molecule has 0 radical (unpaired) electrons. The van der Waals surface area contributed by atoms with Crippen molar-refractivity contribution < 1.29 is 29.0 Å². The Kier molecular flexibility index (Phi) is 11.9. The Bertz CT molecular complexity index is 2480. The van der Waals surface area contributed by atoms with Crippen molar-refractivity contribution >= 4 is 40.5 Å². The zero-order valence-electron chi connectivity index (χ0n) is 35.4. The normalized spacial score (nSPS) is 19.8. The summed E-state index contributed by atoms with van der Waals surface area (Å²) in [7, 11) is 1.99. The second-order valence-electron chi connectivity index (χ2n) is 16.7. The SMILES string of the molecule is C=CCN1CC(=O)N2[C@@H](Cc3ccc(O)cc3)C(=O)N(Cc3cccc4c(-c5ccc(NC(=O)N6CC(N7CCOCC7)C6)cc5)cn(C)c34)C[C@@H]2N1C(=O)NCc1ccccc1. The van der Waals surface area contributed by atoms with Crippen LogP contribution in [-0.4, -0.2) is 140 Å². The highest BCUT2D eigenvalue weighted by molar-refractivity contribution is 5.99. The number of piperazine rings is 1. The molecule has 1 aromatic heterocycles. The van der Waals surface area contributed by atoms with Gasteiger partial charge in [-0.15, -0.1) is 6.58 Å². The van der Waals surface area contributed by atoms with Gasteiger partial charge in [0.05, 0.1) is 31.8 Å². The first kappa shape index (κ1) is 41.7. The monoisotopic (exact) mass is 851 g/mol. The van der Waals surface area contributed by atoms with E-state index in [1.807, 2.05) is 78.7 Å². The molecule has 0 unspecified atom stereocenters. The van der Waals surface area contributed by atoms with Gasteiger partial charge in [-0.2, -0.15) is 0 Å². The summed E-state index contributed by atoms with van der Waals surface area (Å²) in [4.78, 5) is 63.8. The maximum absolute atomic E-state index is 14.8. The third-order valence-corrected chi connectivity index (χ3v) is 12.6. The molecule has 4 aliphatic rings. The van der Waals surface area contributed by atoms with Crippen molar-refractivity contribution in [2.75, 3.05) is 64.3 Å². The molecule has 2 atom stereocenters. The van der Waals surface area contributed by atoms with Gasteiger partial charge in [-0.05, 0) is 46.5 Å². The standard InChI is InChI=1S/C48H53N9O6/c1-3-20-55-32-44(59)56-42(25-33-12-18-39(58)19-13-33)46(60)53(31-43(56)57(55)47(61)49-26-34-8-5-4-6-9-34)27-36-10-7-11-40-41(30-51(2)45(36)40)35-14-16-37(17-15-35)50-48(62)54-28-38(29-54)52-21-23-63-24-22-52/h3-19,30,38,42-43,58H,1,20-29,31-32H2,2H3,(H,49,61)(H,50,62)/t42-,43-/m0/s1. The molecule has 5 heterocycles. The molecule has 63 heavy (non-hydrogen) atoms. The third-order valence-electron chi connectivity index (χ3n) is 12.6. The predicted molar refractivity (Wildman–Crippen MR) is 239 cm³/mol. The number of fused-ring (bicyclic) bond motifs is 2. The topological polar surface area (TPSA) is 146 Å². The Morgan fingerprint density at radius 1 is 0.873 bits per heavy atom. The van der Waals surface area contributed by atoms with Crippen LogP contribution in [0, 0.1) is 0 Å². The lowest BCUT2D eigenvalue weighted by Crippen LogP contribution is -2.76. The summed E-state index contributed by atoms with van der Waals surface area (Å²) in [5.41, 5.74) is 6.25. The number of likely N-dealkylation sites (tertiary alicyclic amines) is 1. The molecular formula is C48H53N9O6. The number of aromatic hydroxyl groups is 1. The van der Waals surface area contributed by atoms with Gasteiger partial charge in [0.2, 0.25) is 11.8 Å². The first-order valence-electron chi connectivity index (χ1n) is 21.5. The summed E-state index contributed by atoms with van der Waals surface area (Å²) in [6.07, 6.45) is 3.12. The van der Waals surface area contributed by atoms with Gasteiger partial charge in [0, 0.05) is 88.2 Å². The average Bonchev–Trinajstić information content (AvgIpc) is 3.62. The van der Waals surface area contributed by atoms with Gasteiger partial charge in [0.1, 0.15) is 18.0 Å². The number of para-hydroxylation sites is 1. The number of ether oxygens (including phenoxy) is 1. The second-order valence-corrected chi connectivity index (χ2v) is 16.7. The molecule has 4 aliphatic heterocycles. The number of urea groups is 2. The fourth-order valence-corrected chi connectivity index (χ4v) is 9.40. The highest BCUT2D eigenvalue weighted by Gasteiger charge is 2.51. The number of hydrogen-bond acceptors (Lipinski definition) is 8. The van der Waals surface area contributed by atoms with Crippen molar-refractivity contribution in [3.05, 3.63) is 133 Å². The number of aryl methyl sites for hydroxylation is 1. The van der Waals surface area contributed by atoms with Crippen LogP contribution in [0.1, 0.15) is 16.7 Å². The van der Waals surface area contributed by atoms with Crippen LogP contribution in [0.25, 0.3) is 22.0 Å². The number of phenols is 1. The molecule has 0 bridgehead atoms. The summed E-state index contributed by atoms with van der Waals surface area (Å²) in [5, 5.41) is 20.4. The number of hydrogen-bond donors (Lipinski definition) is 3. The number of rotatable bonds is 11. The molecule has 3 N–H and O–H groups in total. The summed E-state index contributed by atoms with van der Waals surface area (Å²) < 4.78 is 7.54. The summed E-state index contributed by atoms with van der Waals surface area (Å²) in [5.74, 6) is -0.390. The molecule has 5 aromatic rings. The number of benzene rings is 4. The second kappa shape index (κ2) is 18.0. The van der Waals surface area contributed by atoms with E-state index in [4.69, 9.17) is 4.74 Å². The van der Waals surface area contributed by atoms with Gasteiger partial charge < -0.3 is 39.7 Å².